The number of hydrogen-bond acceptors (Lipinski definition) is 2. The van der Waals surface area contributed by atoms with Crippen molar-refractivity contribution >= 4 is 0 Å². The summed E-state index contributed by atoms with van der Waals surface area (Å²) in [6, 6.07) is 0. The van der Waals surface area contributed by atoms with E-state index in [0.717, 1.165) is 5.69 Å². The minimum atomic E-state index is -0.301. The number of aromatic nitrogens is 3. The highest BCUT2D eigenvalue weighted by Gasteiger charge is 2.17. The van der Waals surface area contributed by atoms with Crippen molar-refractivity contribution in [3.63, 3.8) is 0 Å². The summed E-state index contributed by atoms with van der Waals surface area (Å²) in [5.74, 6) is 0. The normalized spacial score (nSPS) is 12.0. The minimum Gasteiger partial charge on any atom is -0.252 e. The molecular weight excluding hydrogens is 169 g/mol. The van der Waals surface area contributed by atoms with Gasteiger partial charge in [-0.1, -0.05) is 26.0 Å². The maximum atomic E-state index is 11.9. The van der Waals surface area contributed by atoms with E-state index in [9.17, 15) is 4.39 Å². The fraction of sp³-hybridized carbons (Fsp3) is 0.778. The second-order valence-electron chi connectivity index (χ2n) is 4.16. The first-order valence-electron chi connectivity index (χ1n) is 4.50. The molecular formula is C9H16FN3. The highest BCUT2D eigenvalue weighted by molar-refractivity contribution is 5.06. The van der Waals surface area contributed by atoms with E-state index in [1.165, 1.54) is 0 Å². The summed E-state index contributed by atoms with van der Waals surface area (Å²) in [5.41, 5.74) is 0.972. The van der Waals surface area contributed by atoms with Crippen LogP contribution in [0.25, 0.3) is 0 Å². The number of alkyl halides is 1. The Morgan fingerprint density at radius 3 is 2.62 bits per heavy atom. The molecule has 1 aromatic rings. The van der Waals surface area contributed by atoms with Crippen LogP contribution in [0, 0.1) is 0 Å². The fourth-order valence-corrected chi connectivity index (χ4v) is 0.973. The summed E-state index contributed by atoms with van der Waals surface area (Å²) in [6.45, 7) is 6.55. The Labute approximate surface area is 77.9 Å². The first kappa shape index (κ1) is 10.2. The molecule has 0 aliphatic heterocycles. The Hall–Kier alpha value is -0.930. The molecule has 13 heavy (non-hydrogen) atoms. The van der Waals surface area contributed by atoms with Crippen LogP contribution in [0.2, 0.25) is 0 Å². The summed E-state index contributed by atoms with van der Waals surface area (Å²) in [4.78, 5) is 0. The molecule has 0 N–H and O–H groups in total. The predicted octanol–water partition coefficient (Wildman–Crippen LogP) is 1.94. The molecule has 0 atom stereocenters. The topological polar surface area (TPSA) is 30.7 Å². The molecule has 0 unspecified atom stereocenters. The molecule has 0 saturated heterocycles. The van der Waals surface area contributed by atoms with Crippen molar-refractivity contribution in [1.82, 2.24) is 15.0 Å². The summed E-state index contributed by atoms with van der Waals surface area (Å²) in [6.07, 6.45) is 2.39. The van der Waals surface area contributed by atoms with E-state index in [-0.39, 0.29) is 12.1 Å². The molecule has 3 nitrogen and oxygen atoms in total. The summed E-state index contributed by atoms with van der Waals surface area (Å²) >= 11 is 0. The van der Waals surface area contributed by atoms with E-state index in [2.05, 4.69) is 31.1 Å². The van der Waals surface area contributed by atoms with Gasteiger partial charge in [-0.3, -0.25) is 9.07 Å². The molecule has 0 aliphatic rings. The quantitative estimate of drug-likeness (QED) is 0.720. The Bertz CT molecular complexity index is 262. The van der Waals surface area contributed by atoms with Crippen LogP contribution in [0.1, 0.15) is 32.9 Å². The van der Waals surface area contributed by atoms with Gasteiger partial charge in [-0.05, 0) is 6.42 Å². The van der Waals surface area contributed by atoms with E-state index in [1.54, 1.807) is 4.68 Å². The highest BCUT2D eigenvalue weighted by Crippen LogP contribution is 2.18. The van der Waals surface area contributed by atoms with Crippen LogP contribution < -0.4 is 0 Å². The van der Waals surface area contributed by atoms with Crippen LogP contribution >= 0.6 is 0 Å². The molecule has 0 radical (unpaired) electrons. The SMILES string of the molecule is CC(C)(C)c1cn(CCCF)nn1. The van der Waals surface area contributed by atoms with Gasteiger partial charge < -0.3 is 0 Å². The smallest absolute Gasteiger partial charge is 0.0912 e. The molecule has 0 bridgehead atoms. The molecule has 0 aliphatic carbocycles. The highest BCUT2D eigenvalue weighted by atomic mass is 19.1. The number of halogens is 1. The van der Waals surface area contributed by atoms with Crippen molar-refractivity contribution in [1.29, 1.82) is 0 Å². The molecule has 0 aromatic carbocycles. The number of rotatable bonds is 3. The Morgan fingerprint density at radius 1 is 1.46 bits per heavy atom. The van der Waals surface area contributed by atoms with Crippen LogP contribution in [0.5, 0.6) is 0 Å². The summed E-state index contributed by atoms with van der Waals surface area (Å²) in [5, 5.41) is 7.95. The first-order valence-corrected chi connectivity index (χ1v) is 4.50. The van der Waals surface area contributed by atoms with Gasteiger partial charge >= 0.3 is 0 Å². The average Bonchev–Trinajstić information content (AvgIpc) is 2.47. The maximum absolute atomic E-state index is 11.9. The van der Waals surface area contributed by atoms with Gasteiger partial charge in [-0.15, -0.1) is 5.10 Å². The molecule has 0 amide bonds. The fourth-order valence-electron chi connectivity index (χ4n) is 0.973. The van der Waals surface area contributed by atoms with Gasteiger partial charge in [-0.2, -0.15) is 0 Å². The molecule has 4 heteroatoms. The Kier molecular flexibility index (Phi) is 3.01. The molecule has 1 aromatic heterocycles. The summed E-state index contributed by atoms with van der Waals surface area (Å²) < 4.78 is 13.6. The van der Waals surface area contributed by atoms with Crippen LogP contribution in [0.4, 0.5) is 4.39 Å². The maximum Gasteiger partial charge on any atom is 0.0912 e. The third kappa shape index (κ3) is 2.79. The second kappa shape index (κ2) is 3.85. The van der Waals surface area contributed by atoms with Crippen LogP contribution in [0.15, 0.2) is 6.20 Å². The number of hydrogen-bond donors (Lipinski definition) is 0. The van der Waals surface area contributed by atoms with Crippen molar-refractivity contribution in [3.05, 3.63) is 11.9 Å². The lowest BCUT2D eigenvalue weighted by molar-refractivity contribution is 0.431. The van der Waals surface area contributed by atoms with Gasteiger partial charge in [0.25, 0.3) is 0 Å². The van der Waals surface area contributed by atoms with Gasteiger partial charge in [0, 0.05) is 18.2 Å². The first-order chi connectivity index (χ1) is 6.04. The van der Waals surface area contributed by atoms with Gasteiger partial charge in [0.2, 0.25) is 0 Å². The lowest BCUT2D eigenvalue weighted by Crippen LogP contribution is -2.11. The zero-order chi connectivity index (χ0) is 9.90. The van der Waals surface area contributed by atoms with Crippen LogP contribution in [0.3, 0.4) is 0 Å². The predicted molar refractivity (Wildman–Crippen MR) is 49.3 cm³/mol. The third-order valence-corrected chi connectivity index (χ3v) is 1.83. The van der Waals surface area contributed by atoms with E-state index in [0.29, 0.717) is 13.0 Å². The second-order valence-corrected chi connectivity index (χ2v) is 4.16. The molecule has 1 rings (SSSR count). The number of aryl methyl sites for hydroxylation is 1. The zero-order valence-electron chi connectivity index (χ0n) is 8.42. The molecule has 1 heterocycles. The van der Waals surface area contributed by atoms with E-state index < -0.39 is 0 Å². The lowest BCUT2D eigenvalue weighted by Gasteiger charge is -2.12. The Morgan fingerprint density at radius 2 is 2.15 bits per heavy atom. The van der Waals surface area contributed by atoms with Crippen molar-refractivity contribution in [2.24, 2.45) is 0 Å². The summed E-state index contributed by atoms with van der Waals surface area (Å²) in [7, 11) is 0. The molecule has 74 valence electrons. The van der Waals surface area contributed by atoms with Crippen molar-refractivity contribution < 1.29 is 4.39 Å². The zero-order valence-corrected chi connectivity index (χ0v) is 8.42. The molecule has 0 saturated carbocycles. The Balaban J connectivity index is 2.64. The van der Waals surface area contributed by atoms with Crippen molar-refractivity contribution in [2.75, 3.05) is 6.67 Å². The van der Waals surface area contributed by atoms with Gasteiger partial charge in [0.15, 0.2) is 0 Å². The average molecular weight is 185 g/mol. The largest absolute Gasteiger partial charge is 0.252 e. The van der Waals surface area contributed by atoms with Crippen molar-refractivity contribution in [2.45, 2.75) is 39.2 Å². The molecule has 0 spiro atoms. The van der Waals surface area contributed by atoms with Crippen LogP contribution in [-0.4, -0.2) is 21.7 Å². The standard InChI is InChI=1S/C9H16FN3/c1-9(2,3)8-7-13(12-11-8)6-4-5-10/h7H,4-6H2,1-3H3. The lowest BCUT2D eigenvalue weighted by atomic mass is 9.93. The van der Waals surface area contributed by atoms with Gasteiger partial charge in [0.05, 0.1) is 12.4 Å². The monoisotopic (exact) mass is 185 g/mol. The van der Waals surface area contributed by atoms with Gasteiger partial charge in [-0.25, -0.2) is 0 Å². The van der Waals surface area contributed by atoms with Gasteiger partial charge in [0.1, 0.15) is 0 Å². The molecule has 0 fully saturated rings. The van der Waals surface area contributed by atoms with E-state index >= 15 is 0 Å². The van der Waals surface area contributed by atoms with E-state index in [4.69, 9.17) is 0 Å². The van der Waals surface area contributed by atoms with E-state index in [1.807, 2.05) is 6.20 Å². The number of nitrogens with zero attached hydrogens (tertiary/aromatic N) is 3. The third-order valence-electron chi connectivity index (χ3n) is 1.83. The van der Waals surface area contributed by atoms with Crippen LogP contribution in [-0.2, 0) is 12.0 Å². The minimum absolute atomic E-state index is 0.0218. The van der Waals surface area contributed by atoms with Crippen molar-refractivity contribution in [3.8, 4) is 0 Å².